The fraction of sp³-hybridized carbons (Fsp3) is 0. The van der Waals surface area contributed by atoms with E-state index in [4.69, 9.17) is 0 Å². The van der Waals surface area contributed by atoms with Crippen LogP contribution in [0.25, 0.3) is 84.5 Å². The van der Waals surface area contributed by atoms with E-state index < -0.39 is 0 Å². The third kappa shape index (κ3) is 5.35. The highest BCUT2D eigenvalue weighted by Crippen LogP contribution is 2.47. The van der Waals surface area contributed by atoms with E-state index in [-0.39, 0.29) is 0 Å². The lowest BCUT2D eigenvalue weighted by Gasteiger charge is -2.28. The standard InChI is InChI=1S/C52H33NS2/c1-2-17-39-34(13-1)14-10-21-40(39)35-29-31-37(32-30-35)53(38-16-9-15-36(33-38)41-22-11-24-46-43-19-4-7-27-49(43)54-51(41)46)48-26-6-3-18-42(48)45-23-12-25-47-44-20-5-8-28-50(44)55-52(45)47/h1-33H. The van der Waals surface area contributed by atoms with Gasteiger partial charge in [0.15, 0.2) is 0 Å². The van der Waals surface area contributed by atoms with Crippen LogP contribution in [0.4, 0.5) is 17.1 Å². The van der Waals surface area contributed by atoms with Crippen molar-refractivity contribution >= 4 is 90.9 Å². The monoisotopic (exact) mass is 735 g/mol. The summed E-state index contributed by atoms with van der Waals surface area (Å²) >= 11 is 3.76. The Balaban J connectivity index is 1.11. The lowest BCUT2D eigenvalue weighted by Crippen LogP contribution is -2.11. The van der Waals surface area contributed by atoms with Crippen molar-refractivity contribution in [1.29, 1.82) is 0 Å². The minimum absolute atomic E-state index is 1.11. The summed E-state index contributed by atoms with van der Waals surface area (Å²) in [6.45, 7) is 0. The first-order chi connectivity index (χ1) is 27.3. The predicted octanol–water partition coefficient (Wildman–Crippen LogP) is 16.0. The van der Waals surface area contributed by atoms with Gasteiger partial charge < -0.3 is 4.90 Å². The predicted molar refractivity (Wildman–Crippen MR) is 241 cm³/mol. The average Bonchev–Trinajstić information content (AvgIpc) is 3.83. The van der Waals surface area contributed by atoms with Crippen molar-refractivity contribution in [2.75, 3.05) is 4.90 Å². The number of nitrogens with zero attached hydrogens (tertiary/aromatic N) is 1. The van der Waals surface area contributed by atoms with Crippen LogP contribution in [-0.4, -0.2) is 0 Å². The number of hydrogen-bond acceptors (Lipinski definition) is 3. The first-order valence-corrected chi connectivity index (χ1v) is 20.3. The summed E-state index contributed by atoms with van der Waals surface area (Å²) in [6, 6.07) is 73.4. The number of rotatable bonds is 6. The Morgan fingerprint density at radius 3 is 1.60 bits per heavy atom. The molecule has 2 heterocycles. The summed E-state index contributed by atoms with van der Waals surface area (Å²) in [5.41, 5.74) is 10.7. The van der Waals surface area contributed by atoms with Gasteiger partial charge in [0.2, 0.25) is 0 Å². The van der Waals surface area contributed by atoms with E-state index in [0.717, 1.165) is 17.1 Å². The van der Waals surface area contributed by atoms with Gasteiger partial charge in [0, 0.05) is 62.8 Å². The van der Waals surface area contributed by atoms with Crippen LogP contribution in [-0.2, 0) is 0 Å². The Kier molecular flexibility index (Phi) is 7.61. The maximum atomic E-state index is 2.45. The molecule has 0 saturated carbocycles. The molecule has 0 aliphatic heterocycles. The van der Waals surface area contributed by atoms with Gasteiger partial charge in [0.25, 0.3) is 0 Å². The van der Waals surface area contributed by atoms with Crippen molar-refractivity contribution in [3.8, 4) is 33.4 Å². The molecule has 0 atom stereocenters. The fourth-order valence-corrected chi connectivity index (χ4v) is 10.8. The van der Waals surface area contributed by atoms with Gasteiger partial charge in [-0.2, -0.15) is 0 Å². The lowest BCUT2D eigenvalue weighted by atomic mass is 9.97. The quantitative estimate of drug-likeness (QED) is 0.164. The van der Waals surface area contributed by atoms with Crippen molar-refractivity contribution in [2.45, 2.75) is 0 Å². The van der Waals surface area contributed by atoms with Gasteiger partial charge in [-0.05, 0) is 75.5 Å². The van der Waals surface area contributed by atoms with Crippen LogP contribution < -0.4 is 4.90 Å². The van der Waals surface area contributed by atoms with Crippen molar-refractivity contribution in [1.82, 2.24) is 0 Å². The van der Waals surface area contributed by atoms with Crippen molar-refractivity contribution < 1.29 is 0 Å². The number of anilines is 3. The topological polar surface area (TPSA) is 3.24 Å². The van der Waals surface area contributed by atoms with Crippen LogP contribution in [0.2, 0.25) is 0 Å². The normalized spacial score (nSPS) is 11.6. The van der Waals surface area contributed by atoms with Gasteiger partial charge in [-0.3, -0.25) is 0 Å². The Hall–Kier alpha value is -6.52. The molecule has 3 heteroatoms. The van der Waals surface area contributed by atoms with Crippen molar-refractivity contribution in [3.63, 3.8) is 0 Å². The molecule has 0 saturated heterocycles. The second-order valence-electron chi connectivity index (χ2n) is 14.0. The maximum Gasteiger partial charge on any atom is 0.0540 e. The van der Waals surface area contributed by atoms with Crippen LogP contribution in [0.5, 0.6) is 0 Å². The summed E-state index contributed by atoms with van der Waals surface area (Å²) in [7, 11) is 0. The second-order valence-corrected chi connectivity index (χ2v) is 16.1. The summed E-state index contributed by atoms with van der Waals surface area (Å²) in [4.78, 5) is 2.45. The Bertz CT molecular complexity index is 3220. The van der Waals surface area contributed by atoms with E-state index in [1.807, 2.05) is 22.7 Å². The zero-order valence-electron chi connectivity index (χ0n) is 29.8. The Morgan fingerprint density at radius 1 is 0.309 bits per heavy atom. The summed E-state index contributed by atoms with van der Waals surface area (Å²) in [5.74, 6) is 0. The van der Waals surface area contributed by atoms with E-state index in [9.17, 15) is 0 Å². The third-order valence-corrected chi connectivity index (χ3v) is 13.3. The molecule has 0 radical (unpaired) electrons. The second kappa shape index (κ2) is 13.1. The molecule has 0 bridgehead atoms. The number of para-hydroxylation sites is 1. The smallest absolute Gasteiger partial charge is 0.0540 e. The van der Waals surface area contributed by atoms with E-state index in [1.54, 1.807) is 0 Å². The SMILES string of the molecule is c1cc(-c2cccc3c2sc2ccccc23)cc(N(c2ccc(-c3cccc4ccccc34)cc2)c2ccccc2-c2cccc3c2sc2ccccc23)c1. The van der Waals surface area contributed by atoms with E-state index in [0.29, 0.717) is 0 Å². The molecule has 11 aromatic rings. The van der Waals surface area contributed by atoms with Crippen LogP contribution in [0.15, 0.2) is 200 Å². The number of hydrogen-bond donors (Lipinski definition) is 0. The van der Waals surface area contributed by atoms with E-state index in [1.165, 1.54) is 84.5 Å². The molecule has 258 valence electrons. The van der Waals surface area contributed by atoms with Gasteiger partial charge in [-0.1, -0.05) is 158 Å². The van der Waals surface area contributed by atoms with Crippen LogP contribution in [0.1, 0.15) is 0 Å². The van der Waals surface area contributed by atoms with Gasteiger partial charge in [-0.15, -0.1) is 22.7 Å². The van der Waals surface area contributed by atoms with Gasteiger partial charge >= 0.3 is 0 Å². The van der Waals surface area contributed by atoms with Gasteiger partial charge in [0.05, 0.1) is 5.69 Å². The zero-order valence-corrected chi connectivity index (χ0v) is 31.4. The summed E-state index contributed by atoms with van der Waals surface area (Å²) < 4.78 is 5.26. The third-order valence-electron chi connectivity index (χ3n) is 10.9. The molecule has 0 aliphatic carbocycles. The molecule has 0 unspecified atom stereocenters. The van der Waals surface area contributed by atoms with Crippen LogP contribution in [0, 0.1) is 0 Å². The van der Waals surface area contributed by atoms with Crippen LogP contribution >= 0.6 is 22.7 Å². The zero-order chi connectivity index (χ0) is 36.3. The highest BCUT2D eigenvalue weighted by Gasteiger charge is 2.21. The van der Waals surface area contributed by atoms with Gasteiger partial charge in [-0.25, -0.2) is 0 Å². The average molecular weight is 736 g/mol. The number of thiophene rings is 2. The highest BCUT2D eigenvalue weighted by molar-refractivity contribution is 7.26. The first-order valence-electron chi connectivity index (χ1n) is 18.7. The minimum Gasteiger partial charge on any atom is -0.310 e. The first kappa shape index (κ1) is 32.0. The highest BCUT2D eigenvalue weighted by atomic mass is 32.1. The molecule has 0 fully saturated rings. The van der Waals surface area contributed by atoms with Crippen molar-refractivity contribution in [3.05, 3.63) is 200 Å². The summed E-state index contributed by atoms with van der Waals surface area (Å²) in [6.07, 6.45) is 0. The molecule has 0 aliphatic rings. The Morgan fingerprint density at radius 2 is 0.836 bits per heavy atom. The molecule has 9 aromatic carbocycles. The number of fused-ring (bicyclic) bond motifs is 7. The molecule has 55 heavy (non-hydrogen) atoms. The molecule has 11 rings (SSSR count). The van der Waals surface area contributed by atoms with E-state index >= 15 is 0 Å². The molecular formula is C52H33NS2. The molecule has 1 nitrogen and oxygen atoms in total. The minimum atomic E-state index is 1.11. The van der Waals surface area contributed by atoms with Crippen LogP contribution in [0.3, 0.4) is 0 Å². The molecular weight excluding hydrogens is 703 g/mol. The summed E-state index contributed by atoms with van der Waals surface area (Å²) in [5, 5.41) is 7.76. The molecule has 0 spiro atoms. The maximum absolute atomic E-state index is 2.45. The largest absolute Gasteiger partial charge is 0.310 e. The Labute approximate surface area is 327 Å². The van der Waals surface area contributed by atoms with Crippen molar-refractivity contribution in [2.24, 2.45) is 0 Å². The van der Waals surface area contributed by atoms with E-state index in [2.05, 4.69) is 205 Å². The lowest BCUT2D eigenvalue weighted by molar-refractivity contribution is 1.29. The molecule has 2 aromatic heterocycles. The molecule has 0 N–H and O–H groups in total. The molecule has 0 amide bonds. The van der Waals surface area contributed by atoms with Gasteiger partial charge in [0.1, 0.15) is 0 Å². The fourth-order valence-electron chi connectivity index (χ4n) is 8.34. The number of benzene rings is 9.